The van der Waals surface area contributed by atoms with E-state index in [1.54, 1.807) is 12.2 Å². The summed E-state index contributed by atoms with van der Waals surface area (Å²) in [7, 11) is 2.93. The number of ether oxygens (including phenoxy) is 3. The van der Waals surface area contributed by atoms with Crippen molar-refractivity contribution >= 4 is 11.7 Å². The number of methoxy groups -OCH3 is 2. The molecule has 0 radical (unpaired) electrons. The Kier molecular flexibility index (Phi) is 10.3. The molecule has 0 saturated carbocycles. The monoisotopic (exact) mass is 511 g/mol. The molecule has 1 N–H and O–H groups in total. The van der Waals surface area contributed by atoms with Gasteiger partial charge in [0.15, 0.2) is 12.0 Å². The van der Waals surface area contributed by atoms with Crippen molar-refractivity contribution < 1.29 is 32.6 Å². The molecule has 0 bridgehead atoms. The van der Waals surface area contributed by atoms with Gasteiger partial charge in [-0.1, -0.05) is 48.6 Å². The van der Waals surface area contributed by atoms with E-state index in [1.807, 2.05) is 30.3 Å². The number of rotatable bonds is 12. The molecule has 0 aliphatic heterocycles. The second-order valence-electron chi connectivity index (χ2n) is 8.53. The van der Waals surface area contributed by atoms with Gasteiger partial charge in [-0.3, -0.25) is 9.59 Å². The number of benzene rings is 2. The molecule has 196 valence electrons. The first-order valence-electron chi connectivity index (χ1n) is 11.9. The van der Waals surface area contributed by atoms with E-state index in [-0.39, 0.29) is 36.0 Å². The number of nitrogens with one attached hydrogen (secondary N) is 1. The van der Waals surface area contributed by atoms with Crippen LogP contribution >= 0.6 is 0 Å². The van der Waals surface area contributed by atoms with E-state index in [0.717, 1.165) is 17.7 Å². The molecular weight excluding hydrogens is 480 g/mol. The van der Waals surface area contributed by atoms with Crippen molar-refractivity contribution in [3.8, 4) is 0 Å². The Morgan fingerprint density at radius 1 is 1.16 bits per heavy atom. The Morgan fingerprint density at radius 3 is 2.54 bits per heavy atom. The zero-order valence-electron chi connectivity index (χ0n) is 21.0. The topological polar surface area (TPSA) is 73.9 Å². The van der Waals surface area contributed by atoms with Crippen LogP contribution in [-0.2, 0) is 37.0 Å². The third kappa shape index (κ3) is 7.21. The summed E-state index contributed by atoms with van der Waals surface area (Å²) in [6.45, 7) is 3.66. The molecule has 0 spiro atoms. The summed E-state index contributed by atoms with van der Waals surface area (Å²) in [4.78, 5) is 26.8. The summed E-state index contributed by atoms with van der Waals surface area (Å²) in [5, 5.41) is 2.56. The van der Waals surface area contributed by atoms with Gasteiger partial charge in [0, 0.05) is 38.0 Å². The van der Waals surface area contributed by atoms with Crippen LogP contribution in [0, 0.1) is 17.6 Å². The molecule has 0 heterocycles. The molecule has 1 unspecified atom stereocenters. The average Bonchev–Trinajstić information content (AvgIpc) is 3.03. The summed E-state index contributed by atoms with van der Waals surface area (Å²) in [6.07, 6.45) is 4.11. The van der Waals surface area contributed by atoms with E-state index < -0.39 is 29.6 Å². The molecule has 2 aromatic rings. The third-order valence-electron chi connectivity index (χ3n) is 6.09. The Hall–Kier alpha value is -3.62. The number of halogens is 2. The smallest absolute Gasteiger partial charge is 0.255 e. The van der Waals surface area contributed by atoms with E-state index in [1.165, 1.54) is 20.3 Å². The largest absolute Gasteiger partial charge is 0.485 e. The van der Waals surface area contributed by atoms with Gasteiger partial charge in [0.25, 0.3) is 5.91 Å². The molecule has 0 fully saturated rings. The van der Waals surface area contributed by atoms with Gasteiger partial charge in [-0.15, -0.1) is 6.58 Å². The Morgan fingerprint density at radius 2 is 1.89 bits per heavy atom. The molecular formula is C29H31F2NO5. The molecule has 1 atom stereocenters. The van der Waals surface area contributed by atoms with E-state index in [4.69, 9.17) is 14.2 Å². The maximum absolute atomic E-state index is 14.1. The van der Waals surface area contributed by atoms with Crippen LogP contribution in [0.2, 0.25) is 0 Å². The fraction of sp³-hybridized carbons (Fsp3) is 0.310. The highest BCUT2D eigenvalue weighted by Crippen LogP contribution is 2.34. The first-order valence-corrected chi connectivity index (χ1v) is 11.9. The summed E-state index contributed by atoms with van der Waals surface area (Å²) in [5.41, 5.74) is 1.31. The maximum atomic E-state index is 14.1. The van der Waals surface area contributed by atoms with Crippen molar-refractivity contribution in [2.75, 3.05) is 14.2 Å². The SMILES string of the molecule is C=CCCC1CC=C(C(=O)NCc2ccc(F)cc2F)C(=O)C(OCc2ccccc2)=C1C(OC)OC. The molecule has 2 aromatic carbocycles. The number of amides is 1. The lowest BCUT2D eigenvalue weighted by Crippen LogP contribution is -2.30. The number of hydrogen-bond donors (Lipinski definition) is 1. The van der Waals surface area contributed by atoms with E-state index in [2.05, 4.69) is 11.9 Å². The minimum atomic E-state index is -0.867. The van der Waals surface area contributed by atoms with Gasteiger partial charge in [0.2, 0.25) is 5.78 Å². The summed E-state index contributed by atoms with van der Waals surface area (Å²) >= 11 is 0. The fourth-order valence-electron chi connectivity index (χ4n) is 4.17. The lowest BCUT2D eigenvalue weighted by Gasteiger charge is -2.26. The molecule has 0 aromatic heterocycles. The van der Waals surface area contributed by atoms with Crippen molar-refractivity contribution in [1.82, 2.24) is 5.32 Å². The molecule has 0 saturated heterocycles. The van der Waals surface area contributed by atoms with Crippen LogP contribution in [0.5, 0.6) is 0 Å². The van der Waals surface area contributed by atoms with Crippen LogP contribution in [0.15, 0.2) is 84.2 Å². The number of carbonyl (C=O) groups is 2. The second kappa shape index (κ2) is 13.6. The van der Waals surface area contributed by atoms with Gasteiger partial charge in [0.05, 0.1) is 5.57 Å². The second-order valence-corrected chi connectivity index (χ2v) is 8.53. The number of allylic oxidation sites excluding steroid dienone is 3. The summed E-state index contributed by atoms with van der Waals surface area (Å²) in [5.74, 6) is -3.06. The molecule has 1 aliphatic rings. The minimum absolute atomic E-state index is 0.0153. The minimum Gasteiger partial charge on any atom is -0.485 e. The Labute approximate surface area is 215 Å². The molecule has 6 nitrogen and oxygen atoms in total. The Bertz CT molecular complexity index is 1170. The van der Waals surface area contributed by atoms with Gasteiger partial charge < -0.3 is 19.5 Å². The summed E-state index contributed by atoms with van der Waals surface area (Å²) in [6, 6.07) is 12.4. The van der Waals surface area contributed by atoms with Crippen LogP contribution < -0.4 is 5.32 Å². The predicted molar refractivity (Wildman–Crippen MR) is 135 cm³/mol. The first-order chi connectivity index (χ1) is 17.9. The van der Waals surface area contributed by atoms with E-state index >= 15 is 0 Å². The van der Waals surface area contributed by atoms with E-state index in [9.17, 15) is 18.4 Å². The predicted octanol–water partition coefficient (Wildman–Crippen LogP) is 5.15. The average molecular weight is 512 g/mol. The number of ketones is 1. The zero-order valence-corrected chi connectivity index (χ0v) is 21.0. The molecule has 3 rings (SSSR count). The molecule has 1 aliphatic carbocycles. The van der Waals surface area contributed by atoms with Crippen molar-refractivity contribution in [3.63, 3.8) is 0 Å². The normalized spacial score (nSPS) is 15.9. The van der Waals surface area contributed by atoms with Crippen molar-refractivity contribution in [2.24, 2.45) is 5.92 Å². The highest BCUT2D eigenvalue weighted by molar-refractivity contribution is 6.25. The van der Waals surface area contributed by atoms with Crippen molar-refractivity contribution in [2.45, 2.75) is 38.7 Å². The third-order valence-corrected chi connectivity index (χ3v) is 6.09. The van der Waals surface area contributed by atoms with Crippen LogP contribution in [0.25, 0.3) is 0 Å². The van der Waals surface area contributed by atoms with Gasteiger partial charge in [-0.05, 0) is 36.8 Å². The van der Waals surface area contributed by atoms with Crippen molar-refractivity contribution in [1.29, 1.82) is 0 Å². The van der Waals surface area contributed by atoms with Gasteiger partial charge >= 0.3 is 0 Å². The van der Waals surface area contributed by atoms with Crippen LogP contribution in [-0.4, -0.2) is 32.2 Å². The van der Waals surface area contributed by atoms with Crippen LogP contribution in [0.3, 0.4) is 0 Å². The standard InChI is InChI=1S/C29H31F2NO5/c1-4-5-11-20-13-15-23(28(34)32-17-21-12-14-22(30)16-24(21)31)26(33)27(25(20)29(35-2)36-3)37-18-19-9-7-6-8-10-19/h4,6-10,12,14-16,20,29H,1,5,11,13,17-18H2,2-3H3,(H,32,34). The quantitative estimate of drug-likeness (QED) is 0.242. The van der Waals surface area contributed by atoms with E-state index in [0.29, 0.717) is 24.8 Å². The number of carbonyl (C=O) groups excluding carboxylic acids is 2. The fourth-order valence-corrected chi connectivity index (χ4v) is 4.17. The molecule has 1 amide bonds. The van der Waals surface area contributed by atoms with Crippen LogP contribution in [0.4, 0.5) is 8.78 Å². The maximum Gasteiger partial charge on any atom is 0.255 e. The lowest BCUT2D eigenvalue weighted by molar-refractivity contribution is -0.123. The van der Waals surface area contributed by atoms with Crippen LogP contribution in [0.1, 0.15) is 30.4 Å². The Balaban J connectivity index is 1.95. The molecule has 8 heteroatoms. The molecule has 37 heavy (non-hydrogen) atoms. The summed E-state index contributed by atoms with van der Waals surface area (Å²) < 4.78 is 44.4. The lowest BCUT2D eigenvalue weighted by atomic mass is 9.90. The number of Topliss-reactive ketones (excluding diaryl/α,β-unsaturated/α-hetero) is 1. The highest BCUT2D eigenvalue weighted by Gasteiger charge is 2.36. The van der Waals surface area contributed by atoms with Crippen molar-refractivity contribution in [3.05, 3.63) is 107 Å². The van der Waals surface area contributed by atoms with Gasteiger partial charge in [0.1, 0.15) is 18.2 Å². The van der Waals surface area contributed by atoms with Gasteiger partial charge in [-0.25, -0.2) is 8.78 Å². The van der Waals surface area contributed by atoms with Gasteiger partial charge in [-0.2, -0.15) is 0 Å². The number of hydrogen-bond acceptors (Lipinski definition) is 5. The highest BCUT2D eigenvalue weighted by atomic mass is 19.1. The zero-order chi connectivity index (χ0) is 26.8. The first kappa shape index (κ1) is 28.0.